The van der Waals surface area contributed by atoms with E-state index in [0.29, 0.717) is 23.3 Å². The molecule has 1 amide bonds. The lowest BCUT2D eigenvalue weighted by atomic mass is 9.69. The summed E-state index contributed by atoms with van der Waals surface area (Å²) >= 11 is 1.54. The summed E-state index contributed by atoms with van der Waals surface area (Å²) < 4.78 is 13.6. The second-order valence-electron chi connectivity index (χ2n) is 8.45. The number of hydrogen-bond acceptors (Lipinski definition) is 4. The molecule has 0 unspecified atom stereocenters. The SMILES string of the molecule is CC1=C(C(=O)Nc2cccc(F)c2)[C@@H](c2ccsc2)C2=C(CC(C)(C)CC2=O)N1. The number of anilines is 1. The molecule has 1 aliphatic heterocycles. The lowest BCUT2D eigenvalue weighted by molar-refractivity contribution is -0.118. The van der Waals surface area contributed by atoms with Gasteiger partial charge in [-0.05, 0) is 59.3 Å². The average molecular weight is 411 g/mol. The van der Waals surface area contributed by atoms with Crippen molar-refractivity contribution in [2.75, 3.05) is 5.32 Å². The Labute approximate surface area is 173 Å². The molecule has 0 radical (unpaired) electrons. The maximum Gasteiger partial charge on any atom is 0.254 e. The van der Waals surface area contributed by atoms with E-state index in [1.807, 2.05) is 23.8 Å². The fourth-order valence-corrected chi connectivity index (χ4v) is 4.96. The molecule has 2 aliphatic rings. The van der Waals surface area contributed by atoms with Crippen LogP contribution in [0.4, 0.5) is 10.1 Å². The van der Waals surface area contributed by atoms with Gasteiger partial charge in [-0.2, -0.15) is 11.3 Å². The van der Waals surface area contributed by atoms with E-state index in [9.17, 15) is 14.0 Å². The molecule has 0 spiro atoms. The van der Waals surface area contributed by atoms with E-state index in [-0.39, 0.29) is 17.1 Å². The lowest BCUT2D eigenvalue weighted by Gasteiger charge is -2.39. The molecular weight excluding hydrogens is 387 g/mol. The number of allylic oxidation sites excluding steroid dienone is 3. The molecule has 4 nitrogen and oxygen atoms in total. The molecule has 6 heteroatoms. The molecule has 0 bridgehead atoms. The van der Waals surface area contributed by atoms with Crippen molar-refractivity contribution in [3.63, 3.8) is 0 Å². The number of thiophene rings is 1. The van der Waals surface area contributed by atoms with E-state index in [4.69, 9.17) is 0 Å². The predicted octanol–water partition coefficient (Wildman–Crippen LogP) is 5.13. The zero-order valence-electron chi connectivity index (χ0n) is 16.6. The topological polar surface area (TPSA) is 58.2 Å². The Morgan fingerprint density at radius 3 is 2.76 bits per heavy atom. The Bertz CT molecular complexity index is 1050. The molecule has 2 heterocycles. The normalized spacial score (nSPS) is 21.0. The number of ketones is 1. The number of Topliss-reactive ketones (excluding diaryl/α,β-unsaturated/α-hetero) is 1. The summed E-state index contributed by atoms with van der Waals surface area (Å²) in [5.41, 5.74) is 4.00. The number of hydrogen-bond donors (Lipinski definition) is 2. The van der Waals surface area contributed by atoms with Crippen LogP contribution < -0.4 is 10.6 Å². The van der Waals surface area contributed by atoms with E-state index >= 15 is 0 Å². The molecule has 150 valence electrons. The molecule has 2 aromatic rings. The summed E-state index contributed by atoms with van der Waals surface area (Å²) in [7, 11) is 0. The third-order valence-electron chi connectivity index (χ3n) is 5.44. The Hall–Kier alpha value is -2.73. The minimum absolute atomic E-state index is 0.0727. The van der Waals surface area contributed by atoms with Gasteiger partial charge >= 0.3 is 0 Å². The summed E-state index contributed by atoms with van der Waals surface area (Å²) in [6.07, 6.45) is 1.21. The zero-order valence-corrected chi connectivity index (χ0v) is 17.5. The van der Waals surface area contributed by atoms with Gasteiger partial charge in [0.05, 0.1) is 0 Å². The van der Waals surface area contributed by atoms with Crippen LogP contribution in [0.5, 0.6) is 0 Å². The lowest BCUT2D eigenvalue weighted by Crippen LogP contribution is -2.39. The van der Waals surface area contributed by atoms with Crippen molar-refractivity contribution in [2.45, 2.75) is 39.5 Å². The highest BCUT2D eigenvalue weighted by Gasteiger charge is 2.42. The van der Waals surface area contributed by atoms with Crippen LogP contribution in [-0.2, 0) is 9.59 Å². The molecule has 29 heavy (non-hydrogen) atoms. The first kappa shape index (κ1) is 19.6. The average Bonchev–Trinajstić information content (AvgIpc) is 3.13. The Morgan fingerprint density at radius 1 is 1.28 bits per heavy atom. The third kappa shape index (κ3) is 3.77. The number of dihydropyridines is 1. The molecule has 4 rings (SSSR count). The molecule has 0 saturated carbocycles. The van der Waals surface area contributed by atoms with Crippen molar-refractivity contribution in [1.29, 1.82) is 0 Å². The first-order valence-electron chi connectivity index (χ1n) is 9.58. The first-order valence-corrected chi connectivity index (χ1v) is 10.5. The van der Waals surface area contributed by atoms with Gasteiger partial charge in [-0.1, -0.05) is 19.9 Å². The summed E-state index contributed by atoms with van der Waals surface area (Å²) in [5, 5.41) is 10.1. The van der Waals surface area contributed by atoms with Gasteiger partial charge < -0.3 is 10.6 Å². The van der Waals surface area contributed by atoms with Crippen molar-refractivity contribution in [2.24, 2.45) is 5.41 Å². The van der Waals surface area contributed by atoms with Crippen molar-refractivity contribution >= 4 is 28.7 Å². The van der Waals surface area contributed by atoms with Gasteiger partial charge in [-0.25, -0.2) is 4.39 Å². The van der Waals surface area contributed by atoms with Gasteiger partial charge in [-0.3, -0.25) is 9.59 Å². The monoisotopic (exact) mass is 410 g/mol. The maximum atomic E-state index is 13.6. The van der Waals surface area contributed by atoms with Gasteiger partial charge in [0.15, 0.2) is 5.78 Å². The van der Waals surface area contributed by atoms with E-state index < -0.39 is 11.7 Å². The van der Waals surface area contributed by atoms with Crippen LogP contribution in [0.15, 0.2) is 63.6 Å². The van der Waals surface area contributed by atoms with Crippen LogP contribution >= 0.6 is 11.3 Å². The molecule has 1 atom stereocenters. The molecule has 1 aromatic carbocycles. The van der Waals surface area contributed by atoms with Gasteiger partial charge in [0.2, 0.25) is 0 Å². The highest BCUT2D eigenvalue weighted by molar-refractivity contribution is 7.08. The van der Waals surface area contributed by atoms with Crippen LogP contribution in [-0.4, -0.2) is 11.7 Å². The van der Waals surface area contributed by atoms with E-state index in [0.717, 1.165) is 23.4 Å². The minimum atomic E-state index is -0.422. The number of carbonyl (C=O) groups excluding carboxylic acids is 2. The van der Waals surface area contributed by atoms with Gasteiger partial charge in [0.1, 0.15) is 5.82 Å². The number of carbonyl (C=O) groups is 2. The first-order chi connectivity index (χ1) is 13.7. The third-order valence-corrected chi connectivity index (χ3v) is 6.14. The Morgan fingerprint density at radius 2 is 2.07 bits per heavy atom. The predicted molar refractivity (Wildman–Crippen MR) is 113 cm³/mol. The molecule has 1 aromatic heterocycles. The fourth-order valence-electron chi connectivity index (χ4n) is 4.27. The number of rotatable bonds is 3. The van der Waals surface area contributed by atoms with E-state index in [2.05, 4.69) is 24.5 Å². The van der Waals surface area contributed by atoms with Crippen LogP contribution in [0.25, 0.3) is 0 Å². The number of amides is 1. The van der Waals surface area contributed by atoms with Crippen LogP contribution in [0.2, 0.25) is 0 Å². The molecular formula is C23H23FN2O2S. The van der Waals surface area contributed by atoms with Gasteiger partial charge in [0.25, 0.3) is 5.91 Å². The highest BCUT2D eigenvalue weighted by Crippen LogP contribution is 2.47. The Balaban J connectivity index is 1.77. The number of benzene rings is 1. The van der Waals surface area contributed by atoms with Crippen LogP contribution in [0.3, 0.4) is 0 Å². The quantitative estimate of drug-likeness (QED) is 0.738. The van der Waals surface area contributed by atoms with Crippen molar-refractivity contribution in [3.05, 3.63) is 75.0 Å². The molecule has 1 aliphatic carbocycles. The van der Waals surface area contributed by atoms with Crippen LogP contribution in [0, 0.1) is 11.2 Å². The molecule has 2 N–H and O–H groups in total. The summed E-state index contributed by atoms with van der Waals surface area (Å²) in [4.78, 5) is 26.4. The second kappa shape index (κ2) is 7.26. The largest absolute Gasteiger partial charge is 0.362 e. The zero-order chi connectivity index (χ0) is 20.8. The van der Waals surface area contributed by atoms with E-state index in [1.165, 1.54) is 23.5 Å². The number of nitrogens with one attached hydrogen (secondary N) is 2. The van der Waals surface area contributed by atoms with Crippen molar-refractivity contribution < 1.29 is 14.0 Å². The standard InChI is InChI=1S/C23H23FN2O2S/c1-13-19(22(28)26-16-6-4-5-15(24)9-16)20(14-7-8-29-12-14)21-17(25-13)10-23(2,3)11-18(21)27/h4-9,12,20,25H,10-11H2,1-3H3,(H,26,28)/t20-/m1/s1. The fraction of sp³-hybridized carbons (Fsp3) is 0.304. The van der Waals surface area contributed by atoms with E-state index in [1.54, 1.807) is 12.1 Å². The molecule has 0 saturated heterocycles. The molecule has 0 fully saturated rings. The summed E-state index contributed by atoms with van der Waals surface area (Å²) in [6.45, 7) is 6.03. The number of halogens is 1. The highest BCUT2D eigenvalue weighted by atomic mass is 32.1. The second-order valence-corrected chi connectivity index (χ2v) is 9.23. The summed E-state index contributed by atoms with van der Waals surface area (Å²) in [6, 6.07) is 7.76. The van der Waals surface area contributed by atoms with Crippen molar-refractivity contribution in [3.8, 4) is 0 Å². The summed E-state index contributed by atoms with van der Waals surface area (Å²) in [5.74, 6) is -1.10. The van der Waals surface area contributed by atoms with Gasteiger partial charge in [0, 0.05) is 40.6 Å². The maximum absolute atomic E-state index is 13.6. The Kier molecular flexibility index (Phi) is 4.90. The van der Waals surface area contributed by atoms with Crippen LogP contribution in [0.1, 0.15) is 45.1 Å². The minimum Gasteiger partial charge on any atom is -0.362 e. The smallest absolute Gasteiger partial charge is 0.254 e. The van der Waals surface area contributed by atoms with Gasteiger partial charge in [-0.15, -0.1) is 0 Å². The van der Waals surface area contributed by atoms with Crippen molar-refractivity contribution in [1.82, 2.24) is 5.32 Å².